The van der Waals surface area contributed by atoms with Crippen molar-refractivity contribution in [1.29, 1.82) is 0 Å². The van der Waals surface area contributed by atoms with Crippen molar-refractivity contribution in [3.05, 3.63) is 12.2 Å². The van der Waals surface area contributed by atoms with E-state index >= 15 is 0 Å². The van der Waals surface area contributed by atoms with Crippen LogP contribution in [-0.2, 0) is 4.79 Å². The Morgan fingerprint density at radius 2 is 2.19 bits per heavy atom. The third-order valence-corrected chi connectivity index (χ3v) is 4.37. The van der Waals surface area contributed by atoms with Gasteiger partial charge < -0.3 is 10.6 Å². The molecule has 16 heavy (non-hydrogen) atoms. The van der Waals surface area contributed by atoms with Crippen LogP contribution in [-0.4, -0.2) is 29.9 Å². The van der Waals surface area contributed by atoms with E-state index in [0.717, 1.165) is 32.4 Å². The largest absolute Gasteiger partial charge is 0.341 e. The number of rotatable bonds is 1. The van der Waals surface area contributed by atoms with E-state index in [0.29, 0.717) is 17.7 Å². The van der Waals surface area contributed by atoms with Crippen molar-refractivity contribution < 1.29 is 4.79 Å². The Bertz CT molecular complexity index is 326. The van der Waals surface area contributed by atoms with Gasteiger partial charge in [-0.25, -0.2) is 0 Å². The van der Waals surface area contributed by atoms with Crippen LogP contribution in [0.5, 0.6) is 0 Å². The zero-order chi connectivity index (χ0) is 11.1. The first-order valence-corrected chi connectivity index (χ1v) is 6.47. The van der Waals surface area contributed by atoms with Crippen molar-refractivity contribution in [2.45, 2.75) is 31.7 Å². The Morgan fingerprint density at radius 3 is 2.81 bits per heavy atom. The van der Waals surface area contributed by atoms with Crippen LogP contribution in [0.25, 0.3) is 0 Å². The summed E-state index contributed by atoms with van der Waals surface area (Å²) in [6.45, 7) is 1.70. The number of nitrogens with zero attached hydrogens (tertiary/aromatic N) is 1. The minimum Gasteiger partial charge on any atom is -0.341 e. The standard InChI is InChI=1S/C13H20N2O/c14-11-2-1-5-15(8-11)13(16)12-7-9-3-4-10(12)6-9/h3-4,9-12H,1-2,5-8,14H2/t9?,10?,11-,12?/m1/s1. The Balaban J connectivity index is 1.66. The van der Waals surface area contributed by atoms with E-state index in [4.69, 9.17) is 5.73 Å². The molecule has 0 spiro atoms. The summed E-state index contributed by atoms with van der Waals surface area (Å²) in [4.78, 5) is 14.4. The van der Waals surface area contributed by atoms with Crippen LogP contribution in [0.15, 0.2) is 12.2 Å². The van der Waals surface area contributed by atoms with Crippen molar-refractivity contribution in [3.8, 4) is 0 Å². The predicted octanol–water partition coefficient (Wildman–Crippen LogP) is 1.15. The first-order valence-electron chi connectivity index (χ1n) is 6.47. The van der Waals surface area contributed by atoms with Gasteiger partial charge in [0.1, 0.15) is 0 Å². The van der Waals surface area contributed by atoms with Crippen LogP contribution in [0.4, 0.5) is 0 Å². The van der Waals surface area contributed by atoms with Crippen LogP contribution >= 0.6 is 0 Å². The second kappa shape index (κ2) is 3.88. The minimum absolute atomic E-state index is 0.201. The maximum absolute atomic E-state index is 12.4. The van der Waals surface area contributed by atoms with Crippen molar-refractivity contribution in [2.24, 2.45) is 23.5 Å². The fourth-order valence-corrected chi connectivity index (χ4v) is 3.51. The van der Waals surface area contributed by atoms with Crippen molar-refractivity contribution in [2.75, 3.05) is 13.1 Å². The molecule has 1 amide bonds. The Morgan fingerprint density at radius 1 is 1.31 bits per heavy atom. The first-order chi connectivity index (χ1) is 7.74. The highest BCUT2D eigenvalue weighted by Crippen LogP contribution is 2.44. The summed E-state index contributed by atoms with van der Waals surface area (Å²) < 4.78 is 0. The lowest BCUT2D eigenvalue weighted by molar-refractivity contribution is -0.137. The van der Waals surface area contributed by atoms with Gasteiger partial charge in [0.2, 0.25) is 5.91 Å². The van der Waals surface area contributed by atoms with Gasteiger partial charge in [0.15, 0.2) is 0 Å². The first kappa shape index (κ1) is 10.3. The van der Waals surface area contributed by atoms with E-state index in [-0.39, 0.29) is 12.0 Å². The number of nitrogens with two attached hydrogens (primary N) is 1. The Hall–Kier alpha value is -0.830. The molecular formula is C13H20N2O. The number of hydrogen-bond acceptors (Lipinski definition) is 2. The molecule has 3 aliphatic rings. The van der Waals surface area contributed by atoms with Crippen LogP contribution in [0.1, 0.15) is 25.7 Å². The highest BCUT2D eigenvalue weighted by Gasteiger charge is 2.41. The fraction of sp³-hybridized carbons (Fsp3) is 0.769. The SMILES string of the molecule is N[C@@H]1CCCN(C(=O)C2CC3C=CC2C3)C1. The lowest BCUT2D eigenvalue weighted by Gasteiger charge is -2.34. The second-order valence-corrected chi connectivity index (χ2v) is 5.57. The van der Waals surface area contributed by atoms with E-state index in [1.165, 1.54) is 6.42 Å². The summed E-state index contributed by atoms with van der Waals surface area (Å²) in [5, 5.41) is 0. The minimum atomic E-state index is 0.201. The van der Waals surface area contributed by atoms with E-state index in [2.05, 4.69) is 12.2 Å². The molecule has 2 fully saturated rings. The average molecular weight is 220 g/mol. The van der Waals surface area contributed by atoms with Gasteiger partial charge in [-0.3, -0.25) is 4.79 Å². The number of fused-ring (bicyclic) bond motifs is 2. The maximum atomic E-state index is 12.4. The third-order valence-electron chi connectivity index (χ3n) is 4.37. The number of amides is 1. The van der Waals surface area contributed by atoms with Gasteiger partial charge in [-0.15, -0.1) is 0 Å². The zero-order valence-corrected chi connectivity index (χ0v) is 9.64. The van der Waals surface area contributed by atoms with Gasteiger partial charge in [0, 0.05) is 25.0 Å². The molecule has 1 saturated heterocycles. The molecule has 1 saturated carbocycles. The predicted molar refractivity (Wildman–Crippen MR) is 62.6 cm³/mol. The lowest BCUT2D eigenvalue weighted by Crippen LogP contribution is -2.48. The van der Waals surface area contributed by atoms with Crippen LogP contribution < -0.4 is 5.73 Å². The molecule has 2 bridgehead atoms. The highest BCUT2D eigenvalue weighted by atomic mass is 16.2. The molecule has 1 heterocycles. The molecule has 3 nitrogen and oxygen atoms in total. The van der Waals surface area contributed by atoms with Gasteiger partial charge in [-0.2, -0.15) is 0 Å². The molecule has 3 unspecified atom stereocenters. The Labute approximate surface area is 96.7 Å². The van der Waals surface area contributed by atoms with Gasteiger partial charge in [-0.05, 0) is 37.5 Å². The molecule has 2 N–H and O–H groups in total. The number of piperidine rings is 1. The summed E-state index contributed by atoms with van der Waals surface area (Å²) in [5.41, 5.74) is 5.93. The quantitative estimate of drug-likeness (QED) is 0.674. The maximum Gasteiger partial charge on any atom is 0.226 e. The van der Waals surface area contributed by atoms with E-state index in [1.807, 2.05) is 4.90 Å². The monoisotopic (exact) mass is 220 g/mol. The van der Waals surface area contributed by atoms with Crippen LogP contribution in [0.3, 0.4) is 0 Å². The number of likely N-dealkylation sites (tertiary alicyclic amines) is 1. The molecular weight excluding hydrogens is 200 g/mol. The van der Waals surface area contributed by atoms with Crippen LogP contribution in [0, 0.1) is 17.8 Å². The topological polar surface area (TPSA) is 46.3 Å². The third kappa shape index (κ3) is 1.67. The molecule has 88 valence electrons. The van der Waals surface area contributed by atoms with Crippen molar-refractivity contribution in [3.63, 3.8) is 0 Å². The molecule has 0 aromatic heterocycles. The number of allylic oxidation sites excluding steroid dienone is 2. The number of carbonyl (C=O) groups excluding carboxylic acids is 1. The normalized spacial score (nSPS) is 41.7. The van der Waals surface area contributed by atoms with E-state index < -0.39 is 0 Å². The van der Waals surface area contributed by atoms with Crippen molar-refractivity contribution >= 4 is 5.91 Å². The summed E-state index contributed by atoms with van der Waals surface area (Å²) in [7, 11) is 0. The lowest BCUT2D eigenvalue weighted by atomic mass is 9.91. The highest BCUT2D eigenvalue weighted by molar-refractivity contribution is 5.80. The molecule has 0 radical (unpaired) electrons. The zero-order valence-electron chi connectivity index (χ0n) is 9.64. The molecule has 0 aromatic carbocycles. The van der Waals surface area contributed by atoms with Gasteiger partial charge in [0.25, 0.3) is 0 Å². The Kier molecular flexibility index (Phi) is 2.51. The number of carbonyl (C=O) groups is 1. The van der Waals surface area contributed by atoms with Gasteiger partial charge in [-0.1, -0.05) is 12.2 Å². The van der Waals surface area contributed by atoms with E-state index in [1.54, 1.807) is 0 Å². The molecule has 3 heteroatoms. The molecule has 1 aliphatic heterocycles. The molecule has 4 atom stereocenters. The van der Waals surface area contributed by atoms with Crippen LogP contribution in [0.2, 0.25) is 0 Å². The van der Waals surface area contributed by atoms with Gasteiger partial charge in [0.05, 0.1) is 0 Å². The van der Waals surface area contributed by atoms with Gasteiger partial charge >= 0.3 is 0 Å². The summed E-state index contributed by atoms with van der Waals surface area (Å²) in [5.74, 6) is 1.83. The summed E-state index contributed by atoms with van der Waals surface area (Å²) in [6.07, 6.45) is 8.96. The molecule has 2 aliphatic carbocycles. The molecule has 3 rings (SSSR count). The average Bonchev–Trinajstić information content (AvgIpc) is 2.89. The second-order valence-electron chi connectivity index (χ2n) is 5.57. The smallest absolute Gasteiger partial charge is 0.226 e. The molecule has 0 aromatic rings. The van der Waals surface area contributed by atoms with E-state index in [9.17, 15) is 4.79 Å². The van der Waals surface area contributed by atoms with Crippen molar-refractivity contribution in [1.82, 2.24) is 4.90 Å². The summed E-state index contributed by atoms with van der Waals surface area (Å²) in [6, 6.07) is 0.201. The fourth-order valence-electron chi connectivity index (χ4n) is 3.51. The number of hydrogen-bond donors (Lipinski definition) is 1. The summed E-state index contributed by atoms with van der Waals surface area (Å²) >= 11 is 0.